The SMILES string of the molecule is Cc1ccccc1-c1ncc(C(=O)N[C@@H]2C[C@H]3CC[C@@H]2N3)s1. The van der Waals surface area contributed by atoms with E-state index in [-0.39, 0.29) is 11.9 Å². The maximum atomic E-state index is 12.4. The molecule has 3 atom stereocenters. The van der Waals surface area contributed by atoms with Gasteiger partial charge in [0.1, 0.15) is 9.88 Å². The first-order valence-electron chi connectivity index (χ1n) is 7.79. The van der Waals surface area contributed by atoms with Crippen LogP contribution in [0.25, 0.3) is 10.6 Å². The van der Waals surface area contributed by atoms with Gasteiger partial charge in [0, 0.05) is 23.7 Å². The highest BCUT2D eigenvalue weighted by molar-refractivity contribution is 7.16. The topological polar surface area (TPSA) is 54.0 Å². The highest BCUT2D eigenvalue weighted by Crippen LogP contribution is 2.30. The molecule has 2 N–H and O–H groups in total. The summed E-state index contributed by atoms with van der Waals surface area (Å²) in [5, 5.41) is 7.63. The van der Waals surface area contributed by atoms with Crippen molar-refractivity contribution in [2.75, 3.05) is 0 Å². The van der Waals surface area contributed by atoms with Crippen LogP contribution in [0.3, 0.4) is 0 Å². The second-order valence-electron chi connectivity index (χ2n) is 6.21. The van der Waals surface area contributed by atoms with Gasteiger partial charge in [-0.15, -0.1) is 11.3 Å². The summed E-state index contributed by atoms with van der Waals surface area (Å²) in [5.41, 5.74) is 2.29. The summed E-state index contributed by atoms with van der Waals surface area (Å²) in [6.45, 7) is 2.07. The summed E-state index contributed by atoms with van der Waals surface area (Å²) in [6, 6.07) is 9.46. The quantitative estimate of drug-likeness (QED) is 0.916. The number of carbonyl (C=O) groups excluding carboxylic acids is 1. The predicted octanol–water partition coefficient (Wildman–Crippen LogP) is 2.74. The lowest BCUT2D eigenvalue weighted by Crippen LogP contribution is -2.42. The second kappa shape index (κ2) is 5.48. The Morgan fingerprint density at radius 1 is 1.36 bits per heavy atom. The number of carbonyl (C=O) groups is 1. The lowest BCUT2D eigenvalue weighted by Gasteiger charge is -2.20. The fraction of sp³-hybridized carbons (Fsp3) is 0.412. The minimum atomic E-state index is 0.0108. The van der Waals surface area contributed by atoms with Gasteiger partial charge in [0.15, 0.2) is 0 Å². The van der Waals surface area contributed by atoms with Gasteiger partial charge >= 0.3 is 0 Å². The normalized spacial score (nSPS) is 26.3. The Hall–Kier alpha value is -1.72. The van der Waals surface area contributed by atoms with Crippen molar-refractivity contribution < 1.29 is 4.79 Å². The maximum absolute atomic E-state index is 12.4. The number of thiazole rings is 1. The van der Waals surface area contributed by atoms with E-state index in [0.717, 1.165) is 17.0 Å². The number of fused-ring (bicyclic) bond motifs is 2. The fourth-order valence-electron chi connectivity index (χ4n) is 3.54. The van der Waals surface area contributed by atoms with Crippen molar-refractivity contribution in [3.8, 4) is 10.6 Å². The van der Waals surface area contributed by atoms with Gasteiger partial charge < -0.3 is 10.6 Å². The Labute approximate surface area is 134 Å². The number of amides is 1. The zero-order chi connectivity index (χ0) is 15.1. The molecule has 1 amide bonds. The summed E-state index contributed by atoms with van der Waals surface area (Å²) < 4.78 is 0. The predicted molar refractivity (Wildman–Crippen MR) is 88.1 cm³/mol. The fourth-order valence-corrected chi connectivity index (χ4v) is 4.45. The zero-order valence-corrected chi connectivity index (χ0v) is 13.3. The number of aryl methyl sites for hydroxylation is 1. The Bertz CT molecular complexity index is 711. The third kappa shape index (κ3) is 2.44. The van der Waals surface area contributed by atoms with Crippen molar-refractivity contribution in [1.82, 2.24) is 15.6 Å². The minimum Gasteiger partial charge on any atom is -0.347 e. The molecular weight excluding hydrogens is 294 g/mol. The molecule has 2 bridgehead atoms. The molecule has 1 aromatic carbocycles. The number of nitrogens with zero attached hydrogens (tertiary/aromatic N) is 1. The highest BCUT2D eigenvalue weighted by atomic mass is 32.1. The van der Waals surface area contributed by atoms with E-state index in [4.69, 9.17) is 0 Å². The highest BCUT2D eigenvalue weighted by Gasteiger charge is 2.39. The van der Waals surface area contributed by atoms with Crippen LogP contribution in [-0.4, -0.2) is 29.0 Å². The lowest BCUT2D eigenvalue weighted by molar-refractivity contribution is 0.0935. The van der Waals surface area contributed by atoms with E-state index < -0.39 is 0 Å². The standard InChI is InChI=1S/C17H19N3OS/c1-10-4-2-3-5-12(10)17-18-9-15(22-17)16(21)20-14-8-11-6-7-13(14)19-11/h2-5,9,11,13-14,19H,6-8H2,1H3,(H,20,21)/t11-,13+,14-/m1/s1. The van der Waals surface area contributed by atoms with Crippen LogP contribution < -0.4 is 10.6 Å². The molecule has 2 saturated heterocycles. The molecular formula is C17H19N3OS. The van der Waals surface area contributed by atoms with Gasteiger partial charge in [0.05, 0.1) is 6.20 Å². The van der Waals surface area contributed by atoms with E-state index in [1.54, 1.807) is 6.20 Å². The molecule has 5 heteroatoms. The molecule has 2 fully saturated rings. The van der Waals surface area contributed by atoms with Crippen molar-refractivity contribution in [3.63, 3.8) is 0 Å². The van der Waals surface area contributed by atoms with E-state index in [2.05, 4.69) is 34.7 Å². The monoisotopic (exact) mass is 313 g/mol. The van der Waals surface area contributed by atoms with Crippen molar-refractivity contribution in [2.24, 2.45) is 0 Å². The van der Waals surface area contributed by atoms with Gasteiger partial charge in [0.25, 0.3) is 5.91 Å². The molecule has 4 rings (SSSR count). The van der Waals surface area contributed by atoms with Crippen LogP contribution in [0.5, 0.6) is 0 Å². The van der Waals surface area contributed by atoms with Crippen LogP contribution in [0.1, 0.15) is 34.5 Å². The van der Waals surface area contributed by atoms with Crippen LogP contribution >= 0.6 is 11.3 Å². The van der Waals surface area contributed by atoms with Gasteiger partial charge in [-0.05, 0) is 31.7 Å². The summed E-state index contributed by atoms with van der Waals surface area (Å²) in [4.78, 5) is 17.6. The summed E-state index contributed by atoms with van der Waals surface area (Å²) in [7, 11) is 0. The largest absolute Gasteiger partial charge is 0.347 e. The van der Waals surface area contributed by atoms with Gasteiger partial charge in [-0.25, -0.2) is 4.98 Å². The van der Waals surface area contributed by atoms with Crippen molar-refractivity contribution in [1.29, 1.82) is 0 Å². The Balaban J connectivity index is 1.49. The van der Waals surface area contributed by atoms with Crippen LogP contribution in [-0.2, 0) is 0 Å². The van der Waals surface area contributed by atoms with Crippen molar-refractivity contribution in [2.45, 2.75) is 44.3 Å². The van der Waals surface area contributed by atoms with Gasteiger partial charge in [-0.1, -0.05) is 24.3 Å². The molecule has 3 heterocycles. The Kier molecular flexibility index (Phi) is 3.47. The number of aromatic nitrogens is 1. The van der Waals surface area contributed by atoms with Crippen LogP contribution in [0, 0.1) is 6.92 Å². The molecule has 22 heavy (non-hydrogen) atoms. The number of rotatable bonds is 3. The average Bonchev–Trinajstić information content (AvgIpc) is 3.24. The number of nitrogens with one attached hydrogen (secondary N) is 2. The van der Waals surface area contributed by atoms with Crippen molar-refractivity contribution in [3.05, 3.63) is 40.9 Å². The third-order valence-electron chi connectivity index (χ3n) is 4.72. The summed E-state index contributed by atoms with van der Waals surface area (Å²) >= 11 is 1.47. The first kappa shape index (κ1) is 13.9. The molecule has 2 aliphatic rings. The van der Waals surface area contributed by atoms with Crippen LogP contribution in [0.2, 0.25) is 0 Å². The average molecular weight is 313 g/mol. The Morgan fingerprint density at radius 3 is 2.95 bits per heavy atom. The molecule has 0 radical (unpaired) electrons. The van der Waals surface area contributed by atoms with Gasteiger partial charge in [-0.3, -0.25) is 4.79 Å². The molecule has 0 spiro atoms. The molecule has 2 aliphatic heterocycles. The molecule has 2 aromatic rings. The molecule has 114 valence electrons. The van der Waals surface area contributed by atoms with Crippen LogP contribution in [0.15, 0.2) is 30.5 Å². The number of hydrogen-bond donors (Lipinski definition) is 2. The second-order valence-corrected chi connectivity index (χ2v) is 7.24. The number of hydrogen-bond acceptors (Lipinski definition) is 4. The summed E-state index contributed by atoms with van der Waals surface area (Å²) in [6.07, 6.45) is 5.17. The molecule has 4 nitrogen and oxygen atoms in total. The van der Waals surface area contributed by atoms with E-state index >= 15 is 0 Å². The first-order chi connectivity index (χ1) is 10.7. The van der Waals surface area contributed by atoms with E-state index in [0.29, 0.717) is 17.0 Å². The van der Waals surface area contributed by atoms with E-state index in [1.807, 2.05) is 12.1 Å². The van der Waals surface area contributed by atoms with Gasteiger partial charge in [-0.2, -0.15) is 0 Å². The first-order valence-corrected chi connectivity index (χ1v) is 8.61. The lowest BCUT2D eigenvalue weighted by atomic mass is 9.95. The van der Waals surface area contributed by atoms with Crippen molar-refractivity contribution >= 4 is 17.2 Å². The van der Waals surface area contributed by atoms with Crippen LogP contribution in [0.4, 0.5) is 0 Å². The van der Waals surface area contributed by atoms with E-state index in [1.165, 1.54) is 29.7 Å². The molecule has 0 aliphatic carbocycles. The Morgan fingerprint density at radius 2 is 2.23 bits per heavy atom. The molecule has 0 saturated carbocycles. The van der Waals surface area contributed by atoms with E-state index in [9.17, 15) is 4.79 Å². The zero-order valence-electron chi connectivity index (χ0n) is 12.5. The molecule has 0 unspecified atom stereocenters. The molecule has 1 aromatic heterocycles. The summed E-state index contributed by atoms with van der Waals surface area (Å²) in [5.74, 6) is 0.0108. The third-order valence-corrected chi connectivity index (χ3v) is 5.75. The maximum Gasteiger partial charge on any atom is 0.263 e. The van der Waals surface area contributed by atoms with Gasteiger partial charge in [0.2, 0.25) is 0 Å². The number of benzene rings is 1. The minimum absolute atomic E-state index is 0.0108. The smallest absolute Gasteiger partial charge is 0.263 e.